The average molecular weight is 574 g/mol. The topological polar surface area (TPSA) is 89.7 Å². The van der Waals surface area contributed by atoms with Crippen molar-refractivity contribution in [3.8, 4) is 5.75 Å². The van der Waals surface area contributed by atoms with Crippen molar-refractivity contribution in [1.82, 2.24) is 0 Å². The van der Waals surface area contributed by atoms with Gasteiger partial charge in [0.15, 0.2) is 23.3 Å². The highest BCUT2D eigenvalue weighted by atomic mass is 19.4. The number of carbonyl (C=O) groups is 3. The second-order valence-electron chi connectivity index (χ2n) is 6.93. The lowest BCUT2D eigenvalue weighted by Gasteiger charge is -2.26. The lowest BCUT2D eigenvalue weighted by atomic mass is 10.1. The summed E-state index contributed by atoms with van der Waals surface area (Å²) in [5.74, 6) is -20.9. The van der Waals surface area contributed by atoms with E-state index in [4.69, 9.17) is 5.73 Å². The number of rotatable bonds is 5. The zero-order chi connectivity index (χ0) is 29.5. The standard InChI is InChI=1S/C19H7F13N2O4/c20-10-7(11(21)13(23)9(12(10)22)17(24,25)26)4-34(15(36)18(27,28)29)5-1-2-8(6(3-5)14(33)35)38-16(37)19(30,31)32/h1-3H,4H2,(H2,33,35). The predicted molar refractivity (Wildman–Crippen MR) is 95.2 cm³/mol. The fraction of sp³-hybridized carbons (Fsp3) is 0.211. The highest BCUT2D eigenvalue weighted by Gasteiger charge is 2.46. The number of anilines is 1. The average Bonchev–Trinajstić information content (AvgIpc) is 2.75. The second kappa shape index (κ2) is 10.0. The number of halogens is 13. The van der Waals surface area contributed by atoms with Crippen LogP contribution in [-0.2, 0) is 22.3 Å². The van der Waals surface area contributed by atoms with Crippen molar-refractivity contribution >= 4 is 23.5 Å². The van der Waals surface area contributed by atoms with E-state index in [2.05, 4.69) is 4.74 Å². The molecule has 0 atom stereocenters. The molecule has 2 aromatic rings. The Morgan fingerprint density at radius 2 is 1.29 bits per heavy atom. The van der Waals surface area contributed by atoms with Gasteiger partial charge >= 0.3 is 30.4 Å². The summed E-state index contributed by atoms with van der Waals surface area (Å²) in [5.41, 5.74) is -2.95. The molecule has 0 radical (unpaired) electrons. The molecule has 0 aromatic heterocycles. The molecule has 2 amide bonds. The molecule has 2 rings (SSSR count). The Hall–Kier alpha value is -4.06. The van der Waals surface area contributed by atoms with Crippen LogP contribution in [-0.4, -0.2) is 30.1 Å². The Bertz CT molecular complexity index is 1270. The first-order chi connectivity index (χ1) is 17.1. The van der Waals surface area contributed by atoms with E-state index in [0.29, 0.717) is 0 Å². The summed E-state index contributed by atoms with van der Waals surface area (Å²) in [6.07, 6.45) is -17.6. The maximum atomic E-state index is 14.3. The van der Waals surface area contributed by atoms with Gasteiger partial charge in [-0.3, -0.25) is 14.5 Å². The predicted octanol–water partition coefficient (Wildman–Crippen LogP) is 4.92. The summed E-state index contributed by atoms with van der Waals surface area (Å²) < 4.78 is 175. The maximum absolute atomic E-state index is 14.3. The van der Waals surface area contributed by atoms with Gasteiger partial charge in [-0.15, -0.1) is 0 Å². The molecule has 0 fully saturated rings. The minimum atomic E-state index is -6.00. The van der Waals surface area contributed by atoms with E-state index in [9.17, 15) is 71.5 Å². The van der Waals surface area contributed by atoms with Crippen molar-refractivity contribution in [3.05, 3.63) is 58.2 Å². The second-order valence-corrected chi connectivity index (χ2v) is 6.93. The van der Waals surface area contributed by atoms with Gasteiger partial charge in [0.05, 0.1) is 12.1 Å². The molecule has 0 spiro atoms. The van der Waals surface area contributed by atoms with E-state index in [1.807, 2.05) is 0 Å². The molecule has 0 aliphatic heterocycles. The molecular formula is C19H7F13N2O4. The summed E-state index contributed by atoms with van der Waals surface area (Å²) in [5, 5.41) is 0. The number of primary amides is 1. The summed E-state index contributed by atoms with van der Waals surface area (Å²) in [6, 6.07) is 0.482. The number of nitrogens with two attached hydrogens (primary N) is 1. The number of amides is 2. The van der Waals surface area contributed by atoms with Crippen LogP contribution in [0.25, 0.3) is 0 Å². The van der Waals surface area contributed by atoms with Crippen LogP contribution in [0.3, 0.4) is 0 Å². The number of hydrogen-bond donors (Lipinski definition) is 1. The maximum Gasteiger partial charge on any atom is 0.491 e. The lowest BCUT2D eigenvalue weighted by molar-refractivity contribution is -0.189. The molecule has 38 heavy (non-hydrogen) atoms. The van der Waals surface area contributed by atoms with E-state index in [1.165, 1.54) is 0 Å². The van der Waals surface area contributed by atoms with Crippen LogP contribution in [0.5, 0.6) is 5.75 Å². The summed E-state index contributed by atoms with van der Waals surface area (Å²) >= 11 is 0. The van der Waals surface area contributed by atoms with Gasteiger partial charge in [0.2, 0.25) is 0 Å². The number of alkyl halides is 9. The molecule has 0 heterocycles. The lowest BCUT2D eigenvalue weighted by Crippen LogP contribution is -2.41. The number of hydrogen-bond acceptors (Lipinski definition) is 4. The molecule has 19 heteroatoms. The van der Waals surface area contributed by atoms with Crippen molar-refractivity contribution in [3.63, 3.8) is 0 Å². The highest BCUT2D eigenvalue weighted by Crippen LogP contribution is 2.38. The summed E-state index contributed by atoms with van der Waals surface area (Å²) in [6.45, 7) is -2.16. The minimum Gasteiger partial charge on any atom is -0.419 e. The first-order valence-electron chi connectivity index (χ1n) is 9.12. The Morgan fingerprint density at radius 3 is 1.68 bits per heavy atom. The fourth-order valence-corrected chi connectivity index (χ4v) is 2.78. The van der Waals surface area contributed by atoms with Gasteiger partial charge in [-0.25, -0.2) is 22.4 Å². The van der Waals surface area contributed by atoms with E-state index in [1.54, 1.807) is 0 Å². The Balaban J connectivity index is 2.73. The Kier molecular flexibility index (Phi) is 7.95. The van der Waals surface area contributed by atoms with Gasteiger partial charge in [-0.2, -0.15) is 39.5 Å². The first-order valence-corrected chi connectivity index (χ1v) is 9.12. The fourth-order valence-electron chi connectivity index (χ4n) is 2.78. The van der Waals surface area contributed by atoms with Gasteiger partial charge in [-0.05, 0) is 18.2 Å². The largest absolute Gasteiger partial charge is 0.491 e. The zero-order valence-corrected chi connectivity index (χ0v) is 17.5. The third-order valence-corrected chi connectivity index (χ3v) is 4.42. The van der Waals surface area contributed by atoms with E-state index < -0.39 is 99.2 Å². The first kappa shape index (κ1) is 30.2. The number of ether oxygens (including phenoxy) is 1. The van der Waals surface area contributed by atoms with E-state index >= 15 is 0 Å². The van der Waals surface area contributed by atoms with Crippen LogP contribution < -0.4 is 15.4 Å². The van der Waals surface area contributed by atoms with Gasteiger partial charge in [0.25, 0.3) is 5.91 Å². The van der Waals surface area contributed by atoms with Crippen LogP contribution in [0.1, 0.15) is 21.5 Å². The number of esters is 1. The Morgan fingerprint density at radius 1 is 0.789 bits per heavy atom. The molecule has 0 aliphatic rings. The van der Waals surface area contributed by atoms with Crippen molar-refractivity contribution in [2.75, 3.05) is 4.90 Å². The summed E-state index contributed by atoms with van der Waals surface area (Å²) in [4.78, 5) is 33.7. The number of nitrogens with zero attached hydrogens (tertiary/aromatic N) is 1. The van der Waals surface area contributed by atoms with Crippen molar-refractivity contribution in [2.24, 2.45) is 5.73 Å². The van der Waals surface area contributed by atoms with Gasteiger partial charge in [0.1, 0.15) is 11.3 Å². The minimum absolute atomic E-state index is 0.0670. The third kappa shape index (κ3) is 6.08. The van der Waals surface area contributed by atoms with E-state index in [-0.39, 0.29) is 18.2 Å². The monoisotopic (exact) mass is 574 g/mol. The Labute approximate surface area is 200 Å². The van der Waals surface area contributed by atoms with Crippen molar-refractivity contribution in [2.45, 2.75) is 25.1 Å². The number of benzene rings is 2. The van der Waals surface area contributed by atoms with Gasteiger partial charge in [-0.1, -0.05) is 0 Å². The van der Waals surface area contributed by atoms with Crippen LogP contribution in [0.2, 0.25) is 0 Å². The van der Waals surface area contributed by atoms with Crippen molar-refractivity contribution in [1.29, 1.82) is 0 Å². The quantitative estimate of drug-likeness (QED) is 0.238. The number of carbonyl (C=O) groups excluding carboxylic acids is 3. The molecule has 2 aromatic carbocycles. The molecule has 2 N–H and O–H groups in total. The third-order valence-electron chi connectivity index (χ3n) is 4.42. The zero-order valence-electron chi connectivity index (χ0n) is 17.5. The molecule has 0 unspecified atom stereocenters. The molecule has 0 saturated carbocycles. The summed E-state index contributed by atoms with van der Waals surface area (Å²) in [7, 11) is 0. The highest BCUT2D eigenvalue weighted by molar-refractivity contribution is 6.01. The van der Waals surface area contributed by atoms with Crippen molar-refractivity contribution < 1.29 is 76.2 Å². The van der Waals surface area contributed by atoms with Gasteiger partial charge in [0, 0.05) is 11.3 Å². The SMILES string of the molecule is NC(=O)c1cc(N(Cc2c(F)c(F)c(C(F)(F)F)c(F)c2F)C(=O)C(F)(F)F)ccc1OC(=O)C(F)(F)F. The molecule has 0 saturated heterocycles. The van der Waals surface area contributed by atoms with Crippen LogP contribution in [0.4, 0.5) is 62.8 Å². The van der Waals surface area contributed by atoms with Crippen LogP contribution in [0.15, 0.2) is 18.2 Å². The molecular weight excluding hydrogens is 567 g/mol. The van der Waals surface area contributed by atoms with Crippen LogP contribution in [0, 0.1) is 23.3 Å². The normalized spacial score (nSPS) is 12.3. The van der Waals surface area contributed by atoms with Crippen LogP contribution >= 0.6 is 0 Å². The molecule has 0 aliphatic carbocycles. The molecule has 208 valence electrons. The molecule has 6 nitrogen and oxygen atoms in total. The molecule has 0 bridgehead atoms. The van der Waals surface area contributed by atoms with Gasteiger partial charge < -0.3 is 10.5 Å². The smallest absolute Gasteiger partial charge is 0.419 e. The van der Waals surface area contributed by atoms with E-state index in [0.717, 1.165) is 0 Å².